The minimum Gasteiger partial charge on any atom is -0.388 e. The molecule has 1 heterocycles. The second kappa shape index (κ2) is 2.95. The highest BCUT2D eigenvalue weighted by atomic mass is 14.9. The third-order valence-electron chi connectivity index (χ3n) is 2.22. The van der Waals surface area contributed by atoms with Gasteiger partial charge in [0.1, 0.15) is 0 Å². The highest BCUT2D eigenvalue weighted by molar-refractivity contribution is 5.32. The second-order valence-corrected chi connectivity index (χ2v) is 3.03. The first kappa shape index (κ1) is 6.71. The van der Waals surface area contributed by atoms with Gasteiger partial charge < -0.3 is 5.32 Å². The van der Waals surface area contributed by atoms with Gasteiger partial charge in [-0.15, -0.1) is 0 Å². The Morgan fingerprint density at radius 2 is 2.27 bits per heavy atom. The van der Waals surface area contributed by atoms with Crippen LogP contribution in [0.1, 0.15) is 19.3 Å². The molecule has 0 radical (unpaired) electrons. The quantitative estimate of drug-likeness (QED) is 0.553. The van der Waals surface area contributed by atoms with Gasteiger partial charge in [-0.3, -0.25) is 0 Å². The molecule has 0 bridgehead atoms. The van der Waals surface area contributed by atoms with Crippen LogP contribution in [0.2, 0.25) is 0 Å². The lowest BCUT2D eigenvalue weighted by Crippen LogP contribution is -2.20. The Kier molecular flexibility index (Phi) is 1.80. The van der Waals surface area contributed by atoms with Gasteiger partial charge in [0.05, 0.1) is 0 Å². The summed E-state index contributed by atoms with van der Waals surface area (Å²) >= 11 is 0. The zero-order valence-electron chi connectivity index (χ0n) is 6.64. The summed E-state index contributed by atoms with van der Waals surface area (Å²) in [6, 6.07) is 0. The molecule has 1 N–H and O–H groups in total. The van der Waals surface area contributed by atoms with Crippen LogP contribution in [0.25, 0.3) is 0 Å². The van der Waals surface area contributed by atoms with E-state index in [2.05, 4.69) is 29.6 Å². The molecule has 0 aromatic rings. The smallest absolute Gasteiger partial charge is 0.0178 e. The lowest BCUT2D eigenvalue weighted by Gasteiger charge is -2.18. The summed E-state index contributed by atoms with van der Waals surface area (Å²) in [5.74, 6) is 0. The summed E-state index contributed by atoms with van der Waals surface area (Å²) in [7, 11) is 0. The van der Waals surface area contributed by atoms with Gasteiger partial charge in [0.15, 0.2) is 0 Å². The number of rotatable bonds is 0. The lowest BCUT2D eigenvalue weighted by molar-refractivity contribution is 0.660. The van der Waals surface area contributed by atoms with E-state index in [1.165, 1.54) is 24.1 Å². The van der Waals surface area contributed by atoms with Crippen molar-refractivity contribution in [2.75, 3.05) is 6.54 Å². The van der Waals surface area contributed by atoms with Gasteiger partial charge in [0.2, 0.25) is 0 Å². The molecule has 0 fully saturated rings. The van der Waals surface area contributed by atoms with Crippen molar-refractivity contribution < 1.29 is 0 Å². The Morgan fingerprint density at radius 3 is 3.27 bits per heavy atom. The zero-order chi connectivity index (χ0) is 7.52. The van der Waals surface area contributed by atoms with E-state index in [4.69, 9.17) is 0 Å². The van der Waals surface area contributed by atoms with Crippen molar-refractivity contribution in [3.05, 3.63) is 35.6 Å². The molecule has 0 saturated heterocycles. The Bertz CT molecular complexity index is 233. The summed E-state index contributed by atoms with van der Waals surface area (Å²) in [6.07, 6.45) is 12.3. The van der Waals surface area contributed by atoms with E-state index in [0.717, 1.165) is 13.0 Å². The first-order valence-corrected chi connectivity index (χ1v) is 4.26. The zero-order valence-corrected chi connectivity index (χ0v) is 6.64. The fourth-order valence-corrected chi connectivity index (χ4v) is 1.61. The summed E-state index contributed by atoms with van der Waals surface area (Å²) in [5.41, 5.74) is 2.93. The van der Waals surface area contributed by atoms with Crippen LogP contribution in [0.3, 0.4) is 0 Å². The molecular weight excluding hydrogens is 134 g/mol. The molecule has 0 atom stereocenters. The summed E-state index contributed by atoms with van der Waals surface area (Å²) in [4.78, 5) is 0. The molecule has 2 rings (SSSR count). The summed E-state index contributed by atoms with van der Waals surface area (Å²) < 4.78 is 0. The van der Waals surface area contributed by atoms with Crippen molar-refractivity contribution in [2.24, 2.45) is 0 Å². The Hall–Kier alpha value is -0.980. The van der Waals surface area contributed by atoms with Crippen LogP contribution in [0.5, 0.6) is 0 Å². The van der Waals surface area contributed by atoms with Crippen LogP contribution in [0, 0.1) is 0 Å². The average molecular weight is 147 g/mol. The molecule has 1 nitrogen and oxygen atoms in total. The summed E-state index contributed by atoms with van der Waals surface area (Å²) in [6.45, 7) is 1.15. The predicted molar refractivity (Wildman–Crippen MR) is 47.2 cm³/mol. The first-order valence-electron chi connectivity index (χ1n) is 4.26. The van der Waals surface area contributed by atoms with Gasteiger partial charge >= 0.3 is 0 Å². The van der Waals surface area contributed by atoms with E-state index in [1.54, 1.807) is 0 Å². The van der Waals surface area contributed by atoms with E-state index in [1.807, 2.05) is 0 Å². The molecule has 2 aliphatic rings. The normalized spacial score (nSPS) is 22.5. The molecule has 11 heavy (non-hydrogen) atoms. The van der Waals surface area contributed by atoms with Gasteiger partial charge in [-0.1, -0.05) is 24.3 Å². The maximum absolute atomic E-state index is 3.44. The van der Waals surface area contributed by atoms with E-state index < -0.39 is 0 Å². The van der Waals surface area contributed by atoms with Crippen molar-refractivity contribution >= 4 is 0 Å². The summed E-state index contributed by atoms with van der Waals surface area (Å²) in [5, 5.41) is 3.44. The van der Waals surface area contributed by atoms with Crippen LogP contribution < -0.4 is 5.32 Å². The van der Waals surface area contributed by atoms with E-state index >= 15 is 0 Å². The lowest BCUT2D eigenvalue weighted by atomic mass is 10.0. The third-order valence-corrected chi connectivity index (χ3v) is 2.22. The highest BCUT2D eigenvalue weighted by Crippen LogP contribution is 2.20. The van der Waals surface area contributed by atoms with Crippen LogP contribution in [0.4, 0.5) is 0 Å². The minimum absolute atomic E-state index is 1.09. The van der Waals surface area contributed by atoms with Crippen LogP contribution in [-0.2, 0) is 0 Å². The Labute approximate surface area is 67.5 Å². The Morgan fingerprint density at radius 1 is 1.27 bits per heavy atom. The van der Waals surface area contributed by atoms with Crippen molar-refractivity contribution in [1.29, 1.82) is 0 Å². The fraction of sp³-hybridized carbons (Fsp3) is 0.400. The fourth-order valence-electron chi connectivity index (χ4n) is 1.61. The molecule has 58 valence electrons. The number of hydrogen-bond acceptors (Lipinski definition) is 1. The van der Waals surface area contributed by atoms with Crippen molar-refractivity contribution in [3.8, 4) is 0 Å². The number of allylic oxidation sites excluding steroid dienone is 5. The van der Waals surface area contributed by atoms with Gasteiger partial charge in [-0.05, 0) is 18.4 Å². The van der Waals surface area contributed by atoms with Gasteiger partial charge in [0, 0.05) is 18.7 Å². The standard InChI is InChI=1S/C10H13N/c1-2-5-9-6-4-8-11-10(9)7-3-1/h1-3,5,11H,4,6-8H2. The van der Waals surface area contributed by atoms with Crippen LogP contribution in [0.15, 0.2) is 35.6 Å². The molecule has 0 amide bonds. The molecule has 1 aliphatic carbocycles. The second-order valence-electron chi connectivity index (χ2n) is 3.03. The molecule has 0 unspecified atom stereocenters. The monoisotopic (exact) mass is 147 g/mol. The topological polar surface area (TPSA) is 12.0 Å². The number of nitrogens with one attached hydrogen (secondary N) is 1. The van der Waals surface area contributed by atoms with Crippen molar-refractivity contribution in [3.63, 3.8) is 0 Å². The number of hydrogen-bond donors (Lipinski definition) is 1. The average Bonchev–Trinajstić information content (AvgIpc) is 2.28. The third kappa shape index (κ3) is 1.37. The van der Waals surface area contributed by atoms with E-state index in [-0.39, 0.29) is 0 Å². The highest BCUT2D eigenvalue weighted by Gasteiger charge is 2.08. The van der Waals surface area contributed by atoms with Gasteiger partial charge in [0.25, 0.3) is 0 Å². The van der Waals surface area contributed by atoms with E-state index in [9.17, 15) is 0 Å². The Balaban J connectivity index is 2.26. The first-order chi connectivity index (χ1) is 5.47. The molecule has 1 heteroatoms. The molecule has 0 aromatic carbocycles. The molecule has 1 aliphatic heterocycles. The van der Waals surface area contributed by atoms with Crippen molar-refractivity contribution in [2.45, 2.75) is 19.3 Å². The maximum Gasteiger partial charge on any atom is 0.0178 e. The van der Waals surface area contributed by atoms with Crippen LogP contribution >= 0.6 is 0 Å². The molecule has 0 aromatic heterocycles. The van der Waals surface area contributed by atoms with E-state index in [0.29, 0.717) is 0 Å². The van der Waals surface area contributed by atoms with Crippen LogP contribution in [-0.4, -0.2) is 6.54 Å². The maximum atomic E-state index is 3.44. The minimum atomic E-state index is 1.09. The SMILES string of the molecule is C1=CCC2=C(C=C1)CCCN2. The molecule has 0 saturated carbocycles. The van der Waals surface area contributed by atoms with Gasteiger partial charge in [-0.25, -0.2) is 0 Å². The largest absolute Gasteiger partial charge is 0.388 e. The molecular formula is C10H13N. The molecule has 0 spiro atoms. The van der Waals surface area contributed by atoms with Gasteiger partial charge in [-0.2, -0.15) is 0 Å². The van der Waals surface area contributed by atoms with Crippen molar-refractivity contribution in [1.82, 2.24) is 5.32 Å². The predicted octanol–water partition coefficient (Wildman–Crippen LogP) is 2.14.